The fraction of sp³-hybridized carbons (Fsp3) is 0.176. The number of hydrogen-bond donors (Lipinski definition) is 2. The lowest BCUT2D eigenvalue weighted by molar-refractivity contribution is -0.117. The Morgan fingerprint density at radius 2 is 1.74 bits per heavy atom. The number of para-hydroxylation sites is 2. The molecule has 120 valence electrons. The van der Waals surface area contributed by atoms with Gasteiger partial charge in [-0.15, -0.1) is 0 Å². The van der Waals surface area contributed by atoms with Crippen molar-refractivity contribution in [2.75, 3.05) is 12.4 Å². The van der Waals surface area contributed by atoms with Crippen molar-refractivity contribution in [2.24, 2.45) is 0 Å². The Hall–Kier alpha value is -2.89. The molecule has 0 aliphatic heterocycles. The molecule has 6 heteroatoms. The van der Waals surface area contributed by atoms with E-state index in [9.17, 15) is 14.0 Å². The van der Waals surface area contributed by atoms with Crippen molar-refractivity contribution >= 4 is 17.5 Å². The van der Waals surface area contributed by atoms with Gasteiger partial charge in [-0.3, -0.25) is 9.59 Å². The van der Waals surface area contributed by atoms with Crippen LogP contribution in [0.3, 0.4) is 0 Å². The second-order valence-electron chi connectivity index (χ2n) is 4.86. The molecule has 2 N–H and O–H groups in total. The van der Waals surface area contributed by atoms with Crippen molar-refractivity contribution in [3.63, 3.8) is 0 Å². The first-order chi connectivity index (χ1) is 11.0. The number of nitrogens with one attached hydrogen (secondary N) is 2. The Balaban J connectivity index is 2.03. The molecule has 0 unspecified atom stereocenters. The maximum atomic E-state index is 13.6. The van der Waals surface area contributed by atoms with Gasteiger partial charge in [0.15, 0.2) is 0 Å². The zero-order chi connectivity index (χ0) is 16.8. The van der Waals surface area contributed by atoms with E-state index in [-0.39, 0.29) is 5.56 Å². The van der Waals surface area contributed by atoms with Gasteiger partial charge in [-0.25, -0.2) is 4.39 Å². The van der Waals surface area contributed by atoms with Crippen LogP contribution in [0.4, 0.5) is 10.1 Å². The van der Waals surface area contributed by atoms with Crippen LogP contribution in [0.5, 0.6) is 5.75 Å². The number of ether oxygens (including phenoxy) is 1. The summed E-state index contributed by atoms with van der Waals surface area (Å²) < 4.78 is 18.7. The predicted molar refractivity (Wildman–Crippen MR) is 85.0 cm³/mol. The lowest BCUT2D eigenvalue weighted by Crippen LogP contribution is -2.41. The molecule has 23 heavy (non-hydrogen) atoms. The van der Waals surface area contributed by atoms with E-state index in [1.54, 1.807) is 30.3 Å². The van der Waals surface area contributed by atoms with E-state index in [1.807, 2.05) is 0 Å². The van der Waals surface area contributed by atoms with Crippen LogP contribution in [-0.4, -0.2) is 25.0 Å². The van der Waals surface area contributed by atoms with Gasteiger partial charge < -0.3 is 15.4 Å². The number of methoxy groups -OCH3 is 1. The monoisotopic (exact) mass is 316 g/mol. The summed E-state index contributed by atoms with van der Waals surface area (Å²) in [5.41, 5.74) is 0.386. The molecular weight excluding hydrogens is 299 g/mol. The van der Waals surface area contributed by atoms with E-state index in [1.165, 1.54) is 32.2 Å². The molecule has 2 rings (SSSR count). The van der Waals surface area contributed by atoms with Crippen LogP contribution in [0.25, 0.3) is 0 Å². The Labute approximate surface area is 133 Å². The highest BCUT2D eigenvalue weighted by Crippen LogP contribution is 2.23. The Morgan fingerprint density at radius 3 is 2.43 bits per heavy atom. The van der Waals surface area contributed by atoms with Crippen LogP contribution in [-0.2, 0) is 4.79 Å². The largest absolute Gasteiger partial charge is 0.495 e. The molecule has 0 aliphatic rings. The summed E-state index contributed by atoms with van der Waals surface area (Å²) in [6, 6.07) is 11.7. The van der Waals surface area contributed by atoms with E-state index in [0.29, 0.717) is 11.4 Å². The van der Waals surface area contributed by atoms with Crippen LogP contribution < -0.4 is 15.4 Å². The number of amides is 2. The predicted octanol–water partition coefficient (Wildman–Crippen LogP) is 2.59. The maximum absolute atomic E-state index is 13.6. The number of benzene rings is 2. The standard InChI is InChI=1S/C17H17FN2O3/c1-11(19-17(22)12-7-3-4-8-13(12)18)16(21)20-14-9-5-6-10-15(14)23-2/h3-11H,1-2H3,(H,19,22)(H,20,21)/t11-/m0/s1. The summed E-state index contributed by atoms with van der Waals surface area (Å²) in [7, 11) is 1.49. The van der Waals surface area contributed by atoms with Gasteiger partial charge in [0.25, 0.3) is 5.91 Å². The van der Waals surface area contributed by atoms with Crippen LogP contribution in [0.1, 0.15) is 17.3 Å². The van der Waals surface area contributed by atoms with Crippen molar-refractivity contribution < 1.29 is 18.7 Å². The quantitative estimate of drug-likeness (QED) is 0.891. The highest BCUT2D eigenvalue weighted by molar-refractivity contribution is 6.01. The van der Waals surface area contributed by atoms with Crippen molar-refractivity contribution in [3.05, 3.63) is 59.9 Å². The molecule has 0 bridgehead atoms. The fourth-order valence-corrected chi connectivity index (χ4v) is 1.97. The number of rotatable bonds is 5. The fourth-order valence-electron chi connectivity index (χ4n) is 1.97. The zero-order valence-corrected chi connectivity index (χ0v) is 12.8. The SMILES string of the molecule is COc1ccccc1NC(=O)[C@H](C)NC(=O)c1ccccc1F. The Morgan fingerprint density at radius 1 is 1.09 bits per heavy atom. The van der Waals surface area contributed by atoms with Crippen LogP contribution in [0.15, 0.2) is 48.5 Å². The highest BCUT2D eigenvalue weighted by Gasteiger charge is 2.19. The first-order valence-corrected chi connectivity index (χ1v) is 7.02. The normalized spacial score (nSPS) is 11.4. The summed E-state index contributed by atoms with van der Waals surface area (Å²) in [5, 5.41) is 5.12. The molecule has 5 nitrogen and oxygen atoms in total. The highest BCUT2D eigenvalue weighted by atomic mass is 19.1. The summed E-state index contributed by atoms with van der Waals surface area (Å²) in [4.78, 5) is 24.2. The summed E-state index contributed by atoms with van der Waals surface area (Å²) in [6.45, 7) is 1.52. The summed E-state index contributed by atoms with van der Waals surface area (Å²) >= 11 is 0. The lowest BCUT2D eigenvalue weighted by Gasteiger charge is -2.15. The second kappa shape index (κ2) is 7.40. The summed E-state index contributed by atoms with van der Waals surface area (Å²) in [6.07, 6.45) is 0. The minimum Gasteiger partial charge on any atom is -0.495 e. The van der Waals surface area contributed by atoms with E-state index in [4.69, 9.17) is 4.74 Å². The van der Waals surface area contributed by atoms with Gasteiger partial charge in [0.05, 0.1) is 18.4 Å². The number of halogens is 1. The molecule has 0 aliphatic carbocycles. The van der Waals surface area contributed by atoms with Gasteiger partial charge in [-0.2, -0.15) is 0 Å². The second-order valence-corrected chi connectivity index (χ2v) is 4.86. The number of carbonyl (C=O) groups is 2. The molecular formula is C17H17FN2O3. The van der Waals surface area contributed by atoms with Crippen LogP contribution in [0, 0.1) is 5.82 Å². The van der Waals surface area contributed by atoms with Gasteiger partial charge in [0, 0.05) is 0 Å². The molecule has 2 amide bonds. The third kappa shape index (κ3) is 4.06. The first-order valence-electron chi connectivity index (χ1n) is 7.02. The molecule has 0 aromatic heterocycles. The van der Waals surface area contributed by atoms with Crippen molar-refractivity contribution in [1.29, 1.82) is 0 Å². The third-order valence-corrected chi connectivity index (χ3v) is 3.22. The van der Waals surface area contributed by atoms with Crippen molar-refractivity contribution in [3.8, 4) is 5.75 Å². The average Bonchev–Trinajstić information content (AvgIpc) is 2.55. The maximum Gasteiger partial charge on any atom is 0.254 e. The molecule has 2 aromatic rings. The zero-order valence-electron chi connectivity index (χ0n) is 12.8. The van der Waals surface area contributed by atoms with E-state index < -0.39 is 23.7 Å². The van der Waals surface area contributed by atoms with Crippen molar-refractivity contribution in [2.45, 2.75) is 13.0 Å². The Kier molecular flexibility index (Phi) is 5.30. The van der Waals surface area contributed by atoms with Crippen LogP contribution in [0.2, 0.25) is 0 Å². The average molecular weight is 316 g/mol. The first kappa shape index (κ1) is 16.5. The minimum absolute atomic E-state index is 0.107. The van der Waals surface area contributed by atoms with Gasteiger partial charge >= 0.3 is 0 Å². The smallest absolute Gasteiger partial charge is 0.254 e. The molecule has 0 saturated heterocycles. The van der Waals surface area contributed by atoms with Crippen molar-refractivity contribution in [1.82, 2.24) is 5.32 Å². The van der Waals surface area contributed by atoms with E-state index in [0.717, 1.165) is 0 Å². The van der Waals surface area contributed by atoms with Gasteiger partial charge in [0.1, 0.15) is 17.6 Å². The van der Waals surface area contributed by atoms with Crippen LogP contribution >= 0.6 is 0 Å². The third-order valence-electron chi connectivity index (χ3n) is 3.22. The van der Waals surface area contributed by atoms with E-state index in [2.05, 4.69) is 10.6 Å². The Bertz CT molecular complexity index is 718. The molecule has 0 radical (unpaired) electrons. The molecule has 2 aromatic carbocycles. The van der Waals surface area contributed by atoms with E-state index >= 15 is 0 Å². The number of anilines is 1. The van der Waals surface area contributed by atoms with Gasteiger partial charge in [-0.1, -0.05) is 24.3 Å². The molecule has 0 fully saturated rings. The minimum atomic E-state index is -0.841. The lowest BCUT2D eigenvalue weighted by atomic mass is 10.2. The van der Waals surface area contributed by atoms with Gasteiger partial charge in [0.2, 0.25) is 5.91 Å². The summed E-state index contributed by atoms with van der Waals surface area (Å²) in [5.74, 6) is -1.21. The molecule has 0 heterocycles. The number of hydrogen-bond acceptors (Lipinski definition) is 3. The molecule has 0 saturated carbocycles. The topological polar surface area (TPSA) is 67.4 Å². The van der Waals surface area contributed by atoms with Gasteiger partial charge in [-0.05, 0) is 31.2 Å². The molecule has 1 atom stereocenters. The number of carbonyl (C=O) groups excluding carboxylic acids is 2. The molecule has 0 spiro atoms.